The summed E-state index contributed by atoms with van der Waals surface area (Å²) in [7, 11) is 2.11. The molecule has 1 saturated carbocycles. The van der Waals surface area contributed by atoms with Crippen LogP contribution in [0, 0.1) is 11.3 Å². The fourth-order valence-electron chi connectivity index (χ4n) is 4.14. The summed E-state index contributed by atoms with van der Waals surface area (Å²) in [5.74, 6) is 0.756. The van der Waals surface area contributed by atoms with Gasteiger partial charge in [0, 0.05) is 19.1 Å². The molecule has 0 aromatic heterocycles. The minimum Gasteiger partial charge on any atom is -0.390 e. The van der Waals surface area contributed by atoms with E-state index in [1.807, 2.05) is 6.92 Å². The van der Waals surface area contributed by atoms with Gasteiger partial charge in [-0.3, -0.25) is 0 Å². The van der Waals surface area contributed by atoms with Crippen molar-refractivity contribution in [2.24, 2.45) is 11.3 Å². The van der Waals surface area contributed by atoms with Crippen LogP contribution < -0.4 is 5.32 Å². The lowest BCUT2D eigenvalue weighted by atomic mass is 9.69. The van der Waals surface area contributed by atoms with Gasteiger partial charge in [-0.25, -0.2) is 0 Å². The van der Waals surface area contributed by atoms with Gasteiger partial charge in [0.2, 0.25) is 0 Å². The van der Waals surface area contributed by atoms with E-state index in [1.54, 1.807) is 0 Å². The average Bonchev–Trinajstić information content (AvgIpc) is 2.50. The van der Waals surface area contributed by atoms with Crippen LogP contribution in [-0.4, -0.2) is 48.3 Å². The Morgan fingerprint density at radius 2 is 1.90 bits per heavy atom. The minimum absolute atomic E-state index is 0.441. The molecule has 0 aromatic rings. The van der Waals surface area contributed by atoms with Crippen molar-refractivity contribution in [3.63, 3.8) is 0 Å². The van der Waals surface area contributed by atoms with Gasteiger partial charge in [-0.1, -0.05) is 13.8 Å². The lowest BCUT2D eigenvalue weighted by Crippen LogP contribution is -2.46. The first-order valence-electron chi connectivity index (χ1n) is 8.43. The number of nitrogens with one attached hydrogen (secondary N) is 1. The molecule has 20 heavy (non-hydrogen) atoms. The standard InChI is InChI=1S/C17H34N2O/c1-16(2)8-6-15(18-4)14(12-16)13-19-10-5-7-17(3,20)9-11-19/h14-15,18,20H,5-13H2,1-4H3. The van der Waals surface area contributed by atoms with Gasteiger partial charge in [-0.15, -0.1) is 0 Å². The zero-order valence-electron chi connectivity index (χ0n) is 13.9. The number of nitrogens with zero attached hydrogens (tertiary/aromatic N) is 1. The van der Waals surface area contributed by atoms with Gasteiger partial charge in [-0.05, 0) is 70.4 Å². The minimum atomic E-state index is -0.441. The van der Waals surface area contributed by atoms with E-state index >= 15 is 0 Å². The third-order valence-corrected chi connectivity index (χ3v) is 5.54. The average molecular weight is 282 g/mol. The quantitative estimate of drug-likeness (QED) is 0.835. The molecular formula is C17H34N2O. The van der Waals surface area contributed by atoms with Gasteiger partial charge >= 0.3 is 0 Å². The topological polar surface area (TPSA) is 35.5 Å². The number of likely N-dealkylation sites (tertiary alicyclic amines) is 1. The monoisotopic (exact) mass is 282 g/mol. The molecular weight excluding hydrogens is 248 g/mol. The summed E-state index contributed by atoms with van der Waals surface area (Å²) in [6.45, 7) is 10.2. The van der Waals surface area contributed by atoms with Crippen LogP contribution in [0.5, 0.6) is 0 Å². The summed E-state index contributed by atoms with van der Waals surface area (Å²) >= 11 is 0. The normalized spacial score (nSPS) is 39.5. The molecule has 0 amide bonds. The summed E-state index contributed by atoms with van der Waals surface area (Å²) in [6, 6.07) is 0.673. The van der Waals surface area contributed by atoms with Gasteiger partial charge in [0.1, 0.15) is 0 Å². The Kier molecular flexibility index (Phi) is 5.14. The Labute approximate surface area is 125 Å². The Bertz CT molecular complexity index is 314. The van der Waals surface area contributed by atoms with Gasteiger partial charge < -0.3 is 15.3 Å². The van der Waals surface area contributed by atoms with Crippen molar-refractivity contribution < 1.29 is 5.11 Å². The molecule has 0 spiro atoms. The summed E-state index contributed by atoms with van der Waals surface area (Å²) < 4.78 is 0. The van der Waals surface area contributed by atoms with Crippen LogP contribution >= 0.6 is 0 Å². The Morgan fingerprint density at radius 1 is 1.15 bits per heavy atom. The van der Waals surface area contributed by atoms with Crippen LogP contribution in [0.3, 0.4) is 0 Å². The molecule has 118 valence electrons. The highest BCUT2D eigenvalue weighted by molar-refractivity contribution is 4.90. The predicted octanol–water partition coefficient (Wildman–Crippen LogP) is 2.64. The van der Waals surface area contributed by atoms with Crippen molar-refractivity contribution in [1.82, 2.24) is 10.2 Å². The first-order valence-corrected chi connectivity index (χ1v) is 8.43. The van der Waals surface area contributed by atoms with E-state index in [0.717, 1.165) is 38.3 Å². The largest absolute Gasteiger partial charge is 0.390 e. The van der Waals surface area contributed by atoms with Crippen molar-refractivity contribution in [3.8, 4) is 0 Å². The highest BCUT2D eigenvalue weighted by atomic mass is 16.3. The molecule has 2 aliphatic rings. The Balaban J connectivity index is 1.93. The summed E-state index contributed by atoms with van der Waals surface area (Å²) in [4.78, 5) is 2.60. The first-order chi connectivity index (χ1) is 9.31. The van der Waals surface area contributed by atoms with Crippen LogP contribution in [0.25, 0.3) is 0 Å². The van der Waals surface area contributed by atoms with Crippen LogP contribution in [0.15, 0.2) is 0 Å². The lowest BCUT2D eigenvalue weighted by Gasteiger charge is -2.42. The summed E-state index contributed by atoms with van der Waals surface area (Å²) in [6.07, 6.45) is 6.98. The molecule has 1 aliphatic heterocycles. The first kappa shape index (κ1) is 16.3. The van der Waals surface area contributed by atoms with E-state index in [2.05, 4.69) is 31.1 Å². The maximum atomic E-state index is 10.2. The number of hydrogen-bond donors (Lipinski definition) is 2. The van der Waals surface area contributed by atoms with Crippen molar-refractivity contribution in [1.29, 1.82) is 0 Å². The fraction of sp³-hybridized carbons (Fsp3) is 1.00. The summed E-state index contributed by atoms with van der Waals surface area (Å²) in [5.41, 5.74) is 0.0539. The maximum absolute atomic E-state index is 10.2. The van der Waals surface area contributed by atoms with Crippen molar-refractivity contribution in [2.75, 3.05) is 26.7 Å². The predicted molar refractivity (Wildman–Crippen MR) is 84.9 cm³/mol. The van der Waals surface area contributed by atoms with Crippen LogP contribution in [-0.2, 0) is 0 Å². The van der Waals surface area contributed by atoms with Crippen LogP contribution in [0.1, 0.15) is 59.3 Å². The van der Waals surface area contributed by atoms with Crippen LogP contribution in [0.4, 0.5) is 0 Å². The second-order valence-electron chi connectivity index (χ2n) is 8.21. The molecule has 3 nitrogen and oxygen atoms in total. The molecule has 2 fully saturated rings. The Hall–Kier alpha value is -0.120. The second-order valence-corrected chi connectivity index (χ2v) is 8.21. The molecule has 3 unspecified atom stereocenters. The van der Waals surface area contributed by atoms with E-state index < -0.39 is 5.60 Å². The van der Waals surface area contributed by atoms with Gasteiger partial charge in [-0.2, -0.15) is 0 Å². The number of rotatable bonds is 3. The molecule has 3 heteroatoms. The third kappa shape index (κ3) is 4.44. The zero-order chi connectivity index (χ0) is 14.8. The molecule has 1 aliphatic carbocycles. The second kappa shape index (κ2) is 6.33. The molecule has 0 aromatic carbocycles. The Morgan fingerprint density at radius 3 is 2.60 bits per heavy atom. The molecule has 2 rings (SSSR count). The molecule has 2 N–H and O–H groups in total. The molecule has 0 bridgehead atoms. The molecule has 1 saturated heterocycles. The van der Waals surface area contributed by atoms with E-state index in [4.69, 9.17) is 0 Å². The summed E-state index contributed by atoms with van der Waals surface area (Å²) in [5, 5.41) is 13.8. The number of aliphatic hydroxyl groups is 1. The maximum Gasteiger partial charge on any atom is 0.0632 e. The SMILES string of the molecule is CNC1CCC(C)(C)CC1CN1CCCC(C)(O)CC1. The van der Waals surface area contributed by atoms with E-state index in [9.17, 15) is 5.11 Å². The van der Waals surface area contributed by atoms with Gasteiger partial charge in [0.05, 0.1) is 5.60 Å². The fourth-order valence-corrected chi connectivity index (χ4v) is 4.14. The third-order valence-electron chi connectivity index (χ3n) is 5.54. The van der Waals surface area contributed by atoms with Crippen molar-refractivity contribution in [3.05, 3.63) is 0 Å². The van der Waals surface area contributed by atoms with Gasteiger partial charge in [0.25, 0.3) is 0 Å². The molecule has 3 atom stereocenters. The highest BCUT2D eigenvalue weighted by Crippen LogP contribution is 2.39. The molecule has 0 radical (unpaired) electrons. The van der Waals surface area contributed by atoms with E-state index in [1.165, 1.54) is 25.8 Å². The highest BCUT2D eigenvalue weighted by Gasteiger charge is 2.35. The molecule has 1 heterocycles. The number of hydrogen-bond acceptors (Lipinski definition) is 3. The van der Waals surface area contributed by atoms with Gasteiger partial charge in [0.15, 0.2) is 0 Å². The van der Waals surface area contributed by atoms with E-state index in [-0.39, 0.29) is 0 Å². The van der Waals surface area contributed by atoms with Crippen molar-refractivity contribution in [2.45, 2.75) is 70.9 Å². The lowest BCUT2D eigenvalue weighted by molar-refractivity contribution is 0.0423. The van der Waals surface area contributed by atoms with Crippen LogP contribution in [0.2, 0.25) is 0 Å². The smallest absolute Gasteiger partial charge is 0.0632 e. The van der Waals surface area contributed by atoms with E-state index in [0.29, 0.717) is 11.5 Å². The zero-order valence-corrected chi connectivity index (χ0v) is 13.9. The van der Waals surface area contributed by atoms with Crippen molar-refractivity contribution >= 4 is 0 Å².